The molecule has 0 saturated carbocycles. The maximum absolute atomic E-state index is 4.19. The van der Waals surface area contributed by atoms with Crippen LogP contribution in [0.4, 0.5) is 0 Å². The molecule has 1 aromatic carbocycles. The first-order valence-corrected chi connectivity index (χ1v) is 5.64. The summed E-state index contributed by atoms with van der Waals surface area (Å²) in [6, 6.07) is 10.5. The van der Waals surface area contributed by atoms with Crippen molar-refractivity contribution in [3.8, 4) is 0 Å². The minimum atomic E-state index is 0.755. The van der Waals surface area contributed by atoms with Crippen LogP contribution in [0.25, 0.3) is 10.9 Å². The lowest BCUT2D eigenvalue weighted by atomic mass is 10.2. The van der Waals surface area contributed by atoms with Crippen molar-refractivity contribution in [2.24, 2.45) is 7.05 Å². The number of aromatic nitrogens is 4. The zero-order valence-electron chi connectivity index (χ0n) is 9.96. The number of hydrogen-bond donors (Lipinski definition) is 0. The fourth-order valence-corrected chi connectivity index (χ4v) is 2.02. The fourth-order valence-electron chi connectivity index (χ4n) is 2.02. The Labute approximate surface area is 99.5 Å². The number of fused-ring (bicyclic) bond motifs is 1. The van der Waals surface area contributed by atoms with E-state index in [1.54, 1.807) is 0 Å². The van der Waals surface area contributed by atoms with E-state index in [0.29, 0.717) is 0 Å². The lowest BCUT2D eigenvalue weighted by molar-refractivity contribution is 0.708. The molecule has 0 saturated heterocycles. The van der Waals surface area contributed by atoms with E-state index in [1.165, 1.54) is 10.9 Å². The predicted octanol–water partition coefficient (Wildman–Crippen LogP) is 2.13. The number of para-hydroxylation sites is 1. The molecule has 0 unspecified atom stereocenters. The summed E-state index contributed by atoms with van der Waals surface area (Å²) < 4.78 is 4.22. The average Bonchev–Trinajstić information content (AvgIpc) is 2.89. The molecule has 3 aromatic rings. The highest BCUT2D eigenvalue weighted by atomic mass is 15.3. The van der Waals surface area contributed by atoms with Crippen LogP contribution in [-0.4, -0.2) is 19.3 Å². The summed E-state index contributed by atoms with van der Waals surface area (Å²) in [5.41, 5.74) is 1.23. The molecule has 0 fully saturated rings. The van der Waals surface area contributed by atoms with Crippen molar-refractivity contribution in [2.45, 2.75) is 13.5 Å². The van der Waals surface area contributed by atoms with E-state index in [9.17, 15) is 0 Å². The van der Waals surface area contributed by atoms with Gasteiger partial charge in [0.15, 0.2) is 5.82 Å². The largest absolute Gasteiger partial charge is 0.340 e. The normalized spacial score (nSPS) is 11.2. The van der Waals surface area contributed by atoms with Gasteiger partial charge in [-0.3, -0.25) is 0 Å². The van der Waals surface area contributed by atoms with Crippen molar-refractivity contribution in [1.82, 2.24) is 19.3 Å². The Morgan fingerprint density at radius 3 is 2.71 bits per heavy atom. The van der Waals surface area contributed by atoms with Gasteiger partial charge in [0.05, 0.1) is 6.54 Å². The molecule has 0 amide bonds. The SMILES string of the molecule is Cc1nnc(Cn2ccc3ccccc32)n1C. The molecular formula is C13H14N4. The van der Waals surface area contributed by atoms with Crippen molar-refractivity contribution in [1.29, 1.82) is 0 Å². The first-order valence-electron chi connectivity index (χ1n) is 5.64. The smallest absolute Gasteiger partial charge is 0.152 e. The van der Waals surface area contributed by atoms with Crippen molar-refractivity contribution < 1.29 is 0 Å². The number of benzene rings is 1. The van der Waals surface area contributed by atoms with E-state index < -0.39 is 0 Å². The highest BCUT2D eigenvalue weighted by Gasteiger charge is 2.07. The molecule has 0 atom stereocenters. The minimum absolute atomic E-state index is 0.755. The van der Waals surface area contributed by atoms with E-state index in [1.807, 2.05) is 18.5 Å². The quantitative estimate of drug-likeness (QED) is 0.671. The minimum Gasteiger partial charge on any atom is -0.340 e. The predicted molar refractivity (Wildman–Crippen MR) is 66.8 cm³/mol. The molecular weight excluding hydrogens is 212 g/mol. The van der Waals surface area contributed by atoms with Gasteiger partial charge in [-0.15, -0.1) is 10.2 Å². The first-order chi connectivity index (χ1) is 8.25. The number of rotatable bonds is 2. The lowest BCUT2D eigenvalue weighted by Gasteiger charge is -2.05. The van der Waals surface area contributed by atoms with Gasteiger partial charge in [-0.05, 0) is 24.4 Å². The maximum Gasteiger partial charge on any atom is 0.152 e. The van der Waals surface area contributed by atoms with Crippen LogP contribution < -0.4 is 0 Å². The van der Waals surface area contributed by atoms with E-state index >= 15 is 0 Å². The van der Waals surface area contributed by atoms with Gasteiger partial charge in [0.2, 0.25) is 0 Å². The van der Waals surface area contributed by atoms with Crippen molar-refractivity contribution in [3.05, 3.63) is 48.2 Å². The lowest BCUT2D eigenvalue weighted by Crippen LogP contribution is -2.05. The second kappa shape index (κ2) is 3.73. The van der Waals surface area contributed by atoms with Crippen LogP contribution in [-0.2, 0) is 13.6 Å². The number of aryl methyl sites for hydroxylation is 1. The molecule has 0 aliphatic carbocycles. The van der Waals surface area contributed by atoms with Crippen molar-refractivity contribution in [3.63, 3.8) is 0 Å². The fraction of sp³-hybridized carbons (Fsp3) is 0.231. The van der Waals surface area contributed by atoms with Crippen LogP contribution >= 0.6 is 0 Å². The molecule has 4 nitrogen and oxygen atoms in total. The Kier molecular flexibility index (Phi) is 2.21. The summed E-state index contributed by atoms with van der Waals surface area (Å²) in [4.78, 5) is 0. The van der Waals surface area contributed by atoms with E-state index in [2.05, 4.69) is 51.3 Å². The second-order valence-electron chi connectivity index (χ2n) is 4.22. The molecule has 0 radical (unpaired) electrons. The van der Waals surface area contributed by atoms with E-state index in [4.69, 9.17) is 0 Å². The maximum atomic E-state index is 4.19. The summed E-state index contributed by atoms with van der Waals surface area (Å²) in [6.07, 6.45) is 2.09. The second-order valence-corrected chi connectivity index (χ2v) is 4.22. The Balaban J connectivity index is 2.03. The zero-order valence-corrected chi connectivity index (χ0v) is 9.96. The summed E-state index contributed by atoms with van der Waals surface area (Å²) in [6.45, 7) is 2.72. The molecule has 86 valence electrons. The Bertz CT molecular complexity index is 663. The number of nitrogens with zero attached hydrogens (tertiary/aromatic N) is 4. The molecule has 0 aliphatic heterocycles. The highest BCUT2D eigenvalue weighted by Crippen LogP contribution is 2.16. The first kappa shape index (κ1) is 10.1. The summed E-state index contributed by atoms with van der Waals surface area (Å²) in [5.74, 6) is 1.92. The Hall–Kier alpha value is -2.10. The summed E-state index contributed by atoms with van der Waals surface area (Å²) in [5, 5.41) is 9.52. The van der Waals surface area contributed by atoms with Gasteiger partial charge in [-0.2, -0.15) is 0 Å². The third-order valence-electron chi connectivity index (χ3n) is 3.17. The highest BCUT2D eigenvalue weighted by molar-refractivity contribution is 5.79. The van der Waals surface area contributed by atoms with E-state index in [0.717, 1.165) is 18.2 Å². The molecule has 2 heterocycles. The van der Waals surface area contributed by atoms with Gasteiger partial charge in [0, 0.05) is 18.8 Å². The molecule has 17 heavy (non-hydrogen) atoms. The van der Waals surface area contributed by atoms with Gasteiger partial charge in [0.1, 0.15) is 5.82 Å². The molecule has 0 bridgehead atoms. The molecule has 0 spiro atoms. The van der Waals surface area contributed by atoms with Crippen molar-refractivity contribution >= 4 is 10.9 Å². The Morgan fingerprint density at radius 1 is 1.12 bits per heavy atom. The van der Waals surface area contributed by atoms with Gasteiger partial charge in [-0.25, -0.2) is 0 Å². The van der Waals surface area contributed by atoms with Crippen LogP contribution in [0.15, 0.2) is 36.5 Å². The van der Waals surface area contributed by atoms with Gasteiger partial charge in [-0.1, -0.05) is 18.2 Å². The van der Waals surface area contributed by atoms with Crippen LogP contribution in [0.5, 0.6) is 0 Å². The zero-order chi connectivity index (χ0) is 11.8. The average molecular weight is 226 g/mol. The summed E-state index contributed by atoms with van der Waals surface area (Å²) in [7, 11) is 2.00. The van der Waals surface area contributed by atoms with Crippen LogP contribution in [0.3, 0.4) is 0 Å². The van der Waals surface area contributed by atoms with E-state index in [-0.39, 0.29) is 0 Å². The van der Waals surface area contributed by atoms with Crippen molar-refractivity contribution in [2.75, 3.05) is 0 Å². The molecule has 4 heteroatoms. The van der Waals surface area contributed by atoms with Crippen LogP contribution in [0.2, 0.25) is 0 Å². The standard InChI is InChI=1S/C13H14N4/c1-10-14-15-13(16(10)2)9-17-8-7-11-5-3-4-6-12(11)17/h3-8H,9H2,1-2H3. The van der Waals surface area contributed by atoms with Gasteiger partial charge in [0.25, 0.3) is 0 Å². The van der Waals surface area contributed by atoms with Crippen LogP contribution in [0.1, 0.15) is 11.6 Å². The number of hydrogen-bond acceptors (Lipinski definition) is 2. The summed E-state index contributed by atoms with van der Waals surface area (Å²) >= 11 is 0. The Morgan fingerprint density at radius 2 is 1.94 bits per heavy atom. The third kappa shape index (κ3) is 1.62. The molecule has 2 aromatic heterocycles. The molecule has 0 aliphatic rings. The molecule has 3 rings (SSSR count). The van der Waals surface area contributed by atoms with Gasteiger partial charge < -0.3 is 9.13 Å². The third-order valence-corrected chi connectivity index (χ3v) is 3.17. The van der Waals surface area contributed by atoms with Crippen LogP contribution in [0, 0.1) is 6.92 Å². The monoisotopic (exact) mass is 226 g/mol. The molecule has 0 N–H and O–H groups in total. The van der Waals surface area contributed by atoms with Gasteiger partial charge >= 0.3 is 0 Å². The topological polar surface area (TPSA) is 35.6 Å².